The van der Waals surface area contributed by atoms with E-state index in [-0.39, 0.29) is 24.4 Å². The van der Waals surface area contributed by atoms with E-state index in [0.29, 0.717) is 13.2 Å². The number of hydrogen-bond donors (Lipinski definition) is 2. The number of amides is 1. The summed E-state index contributed by atoms with van der Waals surface area (Å²) in [4.78, 5) is 11.9. The Morgan fingerprint density at radius 2 is 2.18 bits per heavy atom. The summed E-state index contributed by atoms with van der Waals surface area (Å²) < 4.78 is 10.9. The number of carbonyl (C=O) groups is 1. The molecule has 22 heavy (non-hydrogen) atoms. The van der Waals surface area contributed by atoms with Gasteiger partial charge in [0.2, 0.25) is 5.91 Å². The molecule has 0 bridgehead atoms. The van der Waals surface area contributed by atoms with Gasteiger partial charge < -0.3 is 19.8 Å². The average molecular weight is 300 g/mol. The van der Waals surface area contributed by atoms with Crippen molar-refractivity contribution in [1.29, 1.82) is 0 Å². The van der Waals surface area contributed by atoms with Crippen LogP contribution >= 0.6 is 0 Å². The number of ether oxygens (including phenoxy) is 1. The summed E-state index contributed by atoms with van der Waals surface area (Å²) in [6.07, 6.45) is 1.60. The van der Waals surface area contributed by atoms with Gasteiger partial charge >= 0.3 is 0 Å². The number of hydrogen-bond acceptors (Lipinski definition) is 4. The van der Waals surface area contributed by atoms with Gasteiger partial charge in [0.1, 0.15) is 11.5 Å². The van der Waals surface area contributed by atoms with Crippen molar-refractivity contribution in [2.24, 2.45) is 0 Å². The molecule has 0 saturated carbocycles. The minimum Gasteiger partial charge on any atom is -0.493 e. The summed E-state index contributed by atoms with van der Waals surface area (Å²) in [6, 6.07) is 11.9. The molecular formula is C17H20N2O3. The smallest absolute Gasteiger partial charge is 0.234 e. The Hall–Kier alpha value is -2.27. The highest BCUT2D eigenvalue weighted by Crippen LogP contribution is 2.35. The Bertz CT molecular complexity index is 625. The fourth-order valence-corrected chi connectivity index (χ4v) is 2.66. The van der Waals surface area contributed by atoms with E-state index in [0.717, 1.165) is 11.5 Å². The van der Waals surface area contributed by atoms with Crippen LogP contribution < -0.4 is 15.4 Å². The number of benzene rings is 1. The Kier molecular flexibility index (Phi) is 4.44. The Morgan fingerprint density at radius 1 is 1.32 bits per heavy atom. The van der Waals surface area contributed by atoms with Gasteiger partial charge in [-0.1, -0.05) is 18.2 Å². The van der Waals surface area contributed by atoms with Crippen LogP contribution in [0.3, 0.4) is 0 Å². The summed E-state index contributed by atoms with van der Waals surface area (Å²) in [5.41, 5.74) is 1.21. The molecule has 1 amide bonds. The van der Waals surface area contributed by atoms with Crippen molar-refractivity contribution in [3.05, 3.63) is 54.0 Å². The van der Waals surface area contributed by atoms with Crippen LogP contribution in [0.2, 0.25) is 0 Å². The van der Waals surface area contributed by atoms with Gasteiger partial charge in [0, 0.05) is 17.5 Å². The lowest BCUT2D eigenvalue weighted by Gasteiger charge is -2.19. The highest BCUT2D eigenvalue weighted by Gasteiger charge is 2.28. The van der Waals surface area contributed by atoms with E-state index in [1.807, 2.05) is 24.3 Å². The maximum atomic E-state index is 11.9. The maximum Gasteiger partial charge on any atom is 0.234 e. The zero-order valence-electron chi connectivity index (χ0n) is 12.5. The topological polar surface area (TPSA) is 63.5 Å². The molecule has 0 radical (unpaired) electrons. The largest absolute Gasteiger partial charge is 0.493 e. The van der Waals surface area contributed by atoms with Gasteiger partial charge in [-0.3, -0.25) is 4.79 Å². The third-order valence-electron chi connectivity index (χ3n) is 3.96. The average Bonchev–Trinajstić information content (AvgIpc) is 3.19. The molecule has 2 aromatic rings. The standard InChI is InChI=1S/C17H20N2O3/c1-12(15-11-22-16-7-3-2-6-14(15)16)18-10-17(20)19-9-13-5-4-8-21-13/h2-8,12,15,18H,9-11H2,1H3,(H,19,20)/t12-,15-/m1/s1. The number of rotatable bonds is 6. The van der Waals surface area contributed by atoms with Crippen LogP contribution in [0, 0.1) is 0 Å². The lowest BCUT2D eigenvalue weighted by molar-refractivity contribution is -0.120. The molecule has 3 rings (SSSR count). The minimum absolute atomic E-state index is 0.0459. The summed E-state index contributed by atoms with van der Waals surface area (Å²) in [5, 5.41) is 6.10. The van der Waals surface area contributed by atoms with Crippen molar-refractivity contribution in [3.63, 3.8) is 0 Å². The number of para-hydroxylation sites is 1. The van der Waals surface area contributed by atoms with Crippen molar-refractivity contribution in [2.45, 2.75) is 25.4 Å². The second kappa shape index (κ2) is 6.66. The van der Waals surface area contributed by atoms with E-state index in [1.54, 1.807) is 12.3 Å². The zero-order valence-corrected chi connectivity index (χ0v) is 12.5. The SMILES string of the molecule is C[C@@H](NCC(=O)NCc1ccco1)[C@H]1COc2ccccc21. The zero-order chi connectivity index (χ0) is 15.4. The molecular weight excluding hydrogens is 280 g/mol. The molecule has 0 unspecified atom stereocenters. The first-order valence-corrected chi connectivity index (χ1v) is 7.48. The van der Waals surface area contributed by atoms with Crippen LogP contribution in [-0.2, 0) is 11.3 Å². The van der Waals surface area contributed by atoms with E-state index >= 15 is 0 Å². The quantitative estimate of drug-likeness (QED) is 0.857. The number of furan rings is 1. The van der Waals surface area contributed by atoms with Crippen LogP contribution in [0.25, 0.3) is 0 Å². The molecule has 0 saturated heterocycles. The van der Waals surface area contributed by atoms with Gasteiger partial charge in [0.05, 0.1) is 26.0 Å². The van der Waals surface area contributed by atoms with Crippen LogP contribution in [0.15, 0.2) is 47.1 Å². The minimum atomic E-state index is -0.0459. The van der Waals surface area contributed by atoms with E-state index in [2.05, 4.69) is 23.6 Å². The Morgan fingerprint density at radius 3 is 3.00 bits per heavy atom. The maximum absolute atomic E-state index is 11.9. The van der Waals surface area contributed by atoms with Gasteiger partial charge in [-0.2, -0.15) is 0 Å². The molecule has 1 aromatic carbocycles. The van der Waals surface area contributed by atoms with Crippen molar-refractivity contribution >= 4 is 5.91 Å². The molecule has 1 aromatic heterocycles. The normalized spacial score (nSPS) is 17.6. The van der Waals surface area contributed by atoms with Crippen LogP contribution in [0.1, 0.15) is 24.2 Å². The lowest BCUT2D eigenvalue weighted by atomic mass is 9.94. The van der Waals surface area contributed by atoms with E-state index in [9.17, 15) is 4.79 Å². The predicted octanol–water partition coefficient (Wildman–Crippen LogP) is 2.05. The molecule has 0 aliphatic carbocycles. The van der Waals surface area contributed by atoms with Crippen LogP contribution in [0.4, 0.5) is 0 Å². The first-order chi connectivity index (χ1) is 10.7. The van der Waals surface area contributed by atoms with Gasteiger partial charge in [0.25, 0.3) is 0 Å². The molecule has 5 heteroatoms. The van der Waals surface area contributed by atoms with Gasteiger partial charge in [-0.05, 0) is 25.1 Å². The van der Waals surface area contributed by atoms with Crippen LogP contribution in [-0.4, -0.2) is 25.1 Å². The second-order valence-electron chi connectivity index (χ2n) is 5.48. The first kappa shape index (κ1) is 14.7. The molecule has 116 valence electrons. The molecule has 0 spiro atoms. The van der Waals surface area contributed by atoms with Crippen LogP contribution in [0.5, 0.6) is 5.75 Å². The molecule has 1 aliphatic heterocycles. The highest BCUT2D eigenvalue weighted by atomic mass is 16.5. The number of fused-ring (bicyclic) bond motifs is 1. The summed E-state index contributed by atoms with van der Waals surface area (Å²) in [7, 11) is 0. The van der Waals surface area contributed by atoms with Crippen molar-refractivity contribution < 1.29 is 13.9 Å². The van der Waals surface area contributed by atoms with Crippen molar-refractivity contribution in [2.75, 3.05) is 13.2 Å². The number of nitrogens with one attached hydrogen (secondary N) is 2. The van der Waals surface area contributed by atoms with Crippen molar-refractivity contribution in [1.82, 2.24) is 10.6 Å². The fraction of sp³-hybridized carbons (Fsp3) is 0.353. The van der Waals surface area contributed by atoms with Gasteiger partial charge in [-0.25, -0.2) is 0 Å². The molecule has 0 fully saturated rings. The lowest BCUT2D eigenvalue weighted by Crippen LogP contribution is -2.40. The van der Waals surface area contributed by atoms with E-state index in [4.69, 9.17) is 9.15 Å². The van der Waals surface area contributed by atoms with Gasteiger partial charge in [0.15, 0.2) is 0 Å². The fourth-order valence-electron chi connectivity index (χ4n) is 2.66. The van der Waals surface area contributed by atoms with E-state index in [1.165, 1.54) is 5.56 Å². The third-order valence-corrected chi connectivity index (χ3v) is 3.96. The predicted molar refractivity (Wildman–Crippen MR) is 82.7 cm³/mol. The molecule has 2 atom stereocenters. The molecule has 2 heterocycles. The summed E-state index contributed by atoms with van der Waals surface area (Å²) >= 11 is 0. The Balaban J connectivity index is 1.46. The summed E-state index contributed by atoms with van der Waals surface area (Å²) in [6.45, 7) is 3.43. The number of carbonyl (C=O) groups excluding carboxylic acids is 1. The third kappa shape index (κ3) is 3.31. The molecule has 2 N–H and O–H groups in total. The first-order valence-electron chi connectivity index (χ1n) is 7.48. The van der Waals surface area contributed by atoms with Gasteiger partial charge in [-0.15, -0.1) is 0 Å². The Labute approximate surface area is 129 Å². The monoisotopic (exact) mass is 300 g/mol. The van der Waals surface area contributed by atoms with E-state index < -0.39 is 0 Å². The highest BCUT2D eigenvalue weighted by molar-refractivity contribution is 5.77. The molecule has 5 nitrogen and oxygen atoms in total. The van der Waals surface area contributed by atoms with Crippen molar-refractivity contribution in [3.8, 4) is 5.75 Å². The summed E-state index contributed by atoms with van der Waals surface area (Å²) in [5.74, 6) is 1.92. The molecule has 1 aliphatic rings. The second-order valence-corrected chi connectivity index (χ2v) is 5.48.